The van der Waals surface area contributed by atoms with E-state index in [1.165, 1.54) is 11.3 Å². The number of likely N-dealkylation sites (N-methyl/N-ethyl adjacent to an activating group) is 1. The first kappa shape index (κ1) is 17.6. The number of carbonyl (C=O) groups is 2. The lowest BCUT2D eigenvalue weighted by atomic mass is 10.1. The van der Waals surface area contributed by atoms with Crippen LogP contribution in [-0.4, -0.2) is 49.4 Å². The highest BCUT2D eigenvalue weighted by Gasteiger charge is 2.28. The Kier molecular flexibility index (Phi) is 4.60. The normalized spacial score (nSPS) is 16.7. The first-order valence-electron chi connectivity index (χ1n) is 9.61. The molecule has 2 aliphatic rings. The maximum absolute atomic E-state index is 12.9. The van der Waals surface area contributed by atoms with Gasteiger partial charge in [-0.15, -0.1) is 0 Å². The number of fused-ring (bicyclic) bond motifs is 1. The minimum atomic E-state index is 0.0593. The van der Waals surface area contributed by atoms with Crippen LogP contribution in [0.15, 0.2) is 42.5 Å². The molecule has 1 saturated heterocycles. The molecule has 5 heteroatoms. The second kappa shape index (κ2) is 7.06. The van der Waals surface area contributed by atoms with Crippen molar-refractivity contribution >= 4 is 23.2 Å². The molecule has 2 aromatic rings. The van der Waals surface area contributed by atoms with E-state index in [1.54, 1.807) is 4.90 Å². The van der Waals surface area contributed by atoms with Crippen molar-refractivity contribution in [3.05, 3.63) is 59.2 Å². The van der Waals surface area contributed by atoms with Crippen LogP contribution in [0.2, 0.25) is 0 Å². The predicted molar refractivity (Wildman–Crippen MR) is 107 cm³/mol. The molecule has 0 saturated carbocycles. The van der Waals surface area contributed by atoms with E-state index in [4.69, 9.17) is 0 Å². The topological polar surface area (TPSA) is 43.9 Å². The Morgan fingerprint density at radius 2 is 1.81 bits per heavy atom. The lowest BCUT2D eigenvalue weighted by Gasteiger charge is -2.36. The predicted octanol–water partition coefficient (Wildman–Crippen LogP) is 2.87. The third-order valence-electron chi connectivity index (χ3n) is 5.51. The molecule has 4 rings (SSSR count). The summed E-state index contributed by atoms with van der Waals surface area (Å²) in [6, 6.07) is 14.2. The molecule has 27 heavy (non-hydrogen) atoms. The highest BCUT2D eigenvalue weighted by molar-refractivity contribution is 6.03. The van der Waals surface area contributed by atoms with Gasteiger partial charge in [-0.1, -0.05) is 12.1 Å². The van der Waals surface area contributed by atoms with Gasteiger partial charge in [0, 0.05) is 49.7 Å². The van der Waals surface area contributed by atoms with Crippen molar-refractivity contribution in [2.24, 2.45) is 0 Å². The van der Waals surface area contributed by atoms with E-state index in [9.17, 15) is 9.59 Å². The maximum atomic E-state index is 12.9. The molecule has 140 valence electrons. The number of hydrogen-bond acceptors (Lipinski definition) is 3. The first-order valence-corrected chi connectivity index (χ1v) is 9.61. The Hall–Kier alpha value is -2.82. The van der Waals surface area contributed by atoms with Gasteiger partial charge in [0.1, 0.15) is 0 Å². The van der Waals surface area contributed by atoms with Crippen molar-refractivity contribution in [3.8, 4) is 0 Å². The summed E-state index contributed by atoms with van der Waals surface area (Å²) in [6.45, 7) is 7.83. The molecule has 2 aromatic carbocycles. The van der Waals surface area contributed by atoms with Gasteiger partial charge in [-0.2, -0.15) is 0 Å². The number of carbonyl (C=O) groups excluding carboxylic acids is 2. The first-order chi connectivity index (χ1) is 13.1. The minimum absolute atomic E-state index is 0.0593. The van der Waals surface area contributed by atoms with Crippen LogP contribution in [0, 0.1) is 6.92 Å². The molecule has 0 aromatic heterocycles. The number of amides is 2. The summed E-state index contributed by atoms with van der Waals surface area (Å²) in [5, 5.41) is 0. The SMILES string of the molecule is CCN1C(=O)Cc2cc(C(=O)N3CCN(c4cccc(C)c4)CC3)ccc21. The Balaban J connectivity index is 1.44. The molecule has 0 radical (unpaired) electrons. The van der Waals surface area contributed by atoms with Gasteiger partial charge < -0.3 is 14.7 Å². The average Bonchev–Trinajstić information content (AvgIpc) is 3.01. The van der Waals surface area contributed by atoms with E-state index in [-0.39, 0.29) is 11.8 Å². The zero-order valence-corrected chi connectivity index (χ0v) is 15.9. The molecular weight excluding hydrogens is 338 g/mol. The van der Waals surface area contributed by atoms with Crippen molar-refractivity contribution in [1.82, 2.24) is 4.90 Å². The molecule has 1 fully saturated rings. The fourth-order valence-electron chi connectivity index (χ4n) is 4.04. The fraction of sp³-hybridized carbons (Fsp3) is 0.364. The highest BCUT2D eigenvalue weighted by atomic mass is 16.2. The monoisotopic (exact) mass is 363 g/mol. The van der Waals surface area contributed by atoms with Gasteiger partial charge in [-0.25, -0.2) is 0 Å². The molecule has 0 N–H and O–H groups in total. The van der Waals surface area contributed by atoms with E-state index in [2.05, 4.69) is 36.1 Å². The van der Waals surface area contributed by atoms with Gasteiger partial charge in [-0.05, 0) is 55.3 Å². The second-order valence-electron chi connectivity index (χ2n) is 7.28. The number of hydrogen-bond donors (Lipinski definition) is 0. The Morgan fingerprint density at radius 1 is 1.04 bits per heavy atom. The van der Waals surface area contributed by atoms with Crippen LogP contribution >= 0.6 is 0 Å². The van der Waals surface area contributed by atoms with Crippen LogP contribution in [0.25, 0.3) is 0 Å². The molecule has 0 atom stereocenters. The molecule has 0 unspecified atom stereocenters. The number of anilines is 2. The Morgan fingerprint density at radius 3 is 2.52 bits per heavy atom. The molecule has 0 aliphatic carbocycles. The van der Waals surface area contributed by atoms with E-state index in [0.29, 0.717) is 31.6 Å². The number of nitrogens with zero attached hydrogens (tertiary/aromatic N) is 3. The molecule has 5 nitrogen and oxygen atoms in total. The smallest absolute Gasteiger partial charge is 0.253 e. The highest BCUT2D eigenvalue weighted by Crippen LogP contribution is 2.30. The van der Waals surface area contributed by atoms with Gasteiger partial charge in [0.15, 0.2) is 0 Å². The van der Waals surface area contributed by atoms with Gasteiger partial charge in [-0.3, -0.25) is 9.59 Å². The van der Waals surface area contributed by atoms with Crippen LogP contribution < -0.4 is 9.80 Å². The van der Waals surface area contributed by atoms with Gasteiger partial charge in [0.2, 0.25) is 5.91 Å². The summed E-state index contributed by atoms with van der Waals surface area (Å²) >= 11 is 0. The number of benzene rings is 2. The average molecular weight is 363 g/mol. The van der Waals surface area contributed by atoms with Crippen molar-refractivity contribution in [2.45, 2.75) is 20.3 Å². The lowest BCUT2D eigenvalue weighted by Crippen LogP contribution is -2.48. The maximum Gasteiger partial charge on any atom is 0.253 e. The molecule has 2 amide bonds. The molecule has 2 heterocycles. The Labute approximate surface area is 160 Å². The zero-order valence-electron chi connectivity index (χ0n) is 15.9. The van der Waals surface area contributed by atoms with Crippen molar-refractivity contribution in [1.29, 1.82) is 0 Å². The molecular formula is C22H25N3O2. The summed E-state index contributed by atoms with van der Waals surface area (Å²) in [5.41, 5.74) is 5.07. The largest absolute Gasteiger partial charge is 0.368 e. The lowest BCUT2D eigenvalue weighted by molar-refractivity contribution is -0.117. The summed E-state index contributed by atoms with van der Waals surface area (Å²) in [6.07, 6.45) is 0.394. The molecule has 0 spiro atoms. The van der Waals surface area contributed by atoms with Gasteiger partial charge in [0.05, 0.1) is 6.42 Å². The summed E-state index contributed by atoms with van der Waals surface area (Å²) in [7, 11) is 0. The van der Waals surface area contributed by atoms with Gasteiger partial charge in [0.25, 0.3) is 5.91 Å². The zero-order chi connectivity index (χ0) is 19.0. The standard InChI is InChI=1S/C22H25N3O2/c1-3-25-20-8-7-17(14-18(20)15-21(25)26)22(27)24-11-9-23(10-12-24)19-6-4-5-16(2)13-19/h4-8,13-14H,3,9-12,15H2,1-2H3. The van der Waals surface area contributed by atoms with Crippen molar-refractivity contribution in [2.75, 3.05) is 42.5 Å². The van der Waals surface area contributed by atoms with Crippen LogP contribution in [0.4, 0.5) is 11.4 Å². The van der Waals surface area contributed by atoms with E-state index < -0.39 is 0 Å². The third-order valence-corrected chi connectivity index (χ3v) is 5.51. The van der Waals surface area contributed by atoms with E-state index in [0.717, 1.165) is 24.3 Å². The van der Waals surface area contributed by atoms with Crippen LogP contribution in [0.5, 0.6) is 0 Å². The third kappa shape index (κ3) is 3.29. The minimum Gasteiger partial charge on any atom is -0.368 e. The Bertz CT molecular complexity index is 885. The fourth-order valence-corrected chi connectivity index (χ4v) is 4.04. The quantitative estimate of drug-likeness (QED) is 0.842. The van der Waals surface area contributed by atoms with Crippen molar-refractivity contribution in [3.63, 3.8) is 0 Å². The van der Waals surface area contributed by atoms with E-state index in [1.807, 2.05) is 30.0 Å². The van der Waals surface area contributed by atoms with E-state index >= 15 is 0 Å². The summed E-state index contributed by atoms with van der Waals surface area (Å²) in [5.74, 6) is 0.174. The van der Waals surface area contributed by atoms with Crippen LogP contribution in [0.1, 0.15) is 28.4 Å². The second-order valence-corrected chi connectivity index (χ2v) is 7.28. The number of piperazine rings is 1. The van der Waals surface area contributed by atoms with Crippen LogP contribution in [0.3, 0.4) is 0 Å². The summed E-state index contributed by atoms with van der Waals surface area (Å²) in [4.78, 5) is 31.0. The molecule has 2 aliphatic heterocycles. The van der Waals surface area contributed by atoms with Crippen molar-refractivity contribution < 1.29 is 9.59 Å². The number of aryl methyl sites for hydroxylation is 1. The summed E-state index contributed by atoms with van der Waals surface area (Å²) < 4.78 is 0. The van der Waals surface area contributed by atoms with Crippen LogP contribution in [-0.2, 0) is 11.2 Å². The molecule has 0 bridgehead atoms. The number of rotatable bonds is 3. The van der Waals surface area contributed by atoms with Gasteiger partial charge >= 0.3 is 0 Å².